The molecule has 0 N–H and O–H groups in total. The number of ketones is 1. The van der Waals surface area contributed by atoms with Gasteiger partial charge in [-0.1, -0.05) is 285 Å². The van der Waals surface area contributed by atoms with Gasteiger partial charge in [-0.25, -0.2) is 19.2 Å². The molecule has 592 valence electrons. The summed E-state index contributed by atoms with van der Waals surface area (Å²) in [5, 5.41) is 0. The number of allylic oxidation sites excluding steroid dienone is 1. The van der Waals surface area contributed by atoms with Gasteiger partial charge in [0, 0.05) is 38.4 Å². The Morgan fingerprint density at radius 3 is 1.02 bits per heavy atom. The van der Waals surface area contributed by atoms with E-state index >= 15 is 0 Å². The van der Waals surface area contributed by atoms with E-state index in [9.17, 15) is 42.9 Å². The fourth-order valence-corrected chi connectivity index (χ4v) is 14.9. The molecule has 0 bridgehead atoms. The molecule has 9 aromatic carbocycles. The molecule has 0 aromatic heterocycles. The van der Waals surface area contributed by atoms with E-state index in [1.54, 1.807) is 4.90 Å². The molecule has 0 aliphatic carbocycles. The Balaban J connectivity index is 0.000000276. The zero-order chi connectivity index (χ0) is 82.0. The van der Waals surface area contributed by atoms with Gasteiger partial charge in [-0.15, -0.1) is 0 Å². The summed E-state index contributed by atoms with van der Waals surface area (Å²) in [6.07, 6.45) is 6.68. The van der Waals surface area contributed by atoms with Crippen LogP contribution in [0, 0.1) is 0 Å². The molecule has 115 heavy (non-hydrogen) atoms. The molecule has 3 fully saturated rings. The predicted molar refractivity (Wildman–Crippen MR) is 425 cm³/mol. The van der Waals surface area contributed by atoms with Crippen LogP contribution in [0.2, 0.25) is 0 Å². The number of hydrogen-bond donors (Lipinski definition) is 0. The van der Waals surface area contributed by atoms with Gasteiger partial charge in [0.25, 0.3) is 0 Å². The van der Waals surface area contributed by atoms with Crippen LogP contribution < -0.4 is 29.6 Å². The first kappa shape index (κ1) is 92.2. The van der Waals surface area contributed by atoms with Gasteiger partial charge in [0.1, 0.15) is 24.7 Å². The molecule has 22 nitrogen and oxygen atoms in total. The number of aryl methyl sites for hydroxylation is 1. The second-order valence-corrected chi connectivity index (χ2v) is 28.1. The molecule has 3 aliphatic rings. The van der Waals surface area contributed by atoms with Crippen molar-refractivity contribution in [1.82, 2.24) is 14.7 Å². The average molecular weight is 1590 g/mol. The van der Waals surface area contributed by atoms with E-state index < -0.39 is 61.4 Å². The Kier molecular flexibility index (Phi) is 39.9. The summed E-state index contributed by atoms with van der Waals surface area (Å²) in [7, 11) is 1.05. The quantitative estimate of drug-likeness (QED) is 0.0136. The van der Waals surface area contributed by atoms with Crippen LogP contribution in [-0.2, 0) is 110 Å². The fourth-order valence-electron chi connectivity index (χ4n) is 13.3. The molecule has 3 heterocycles. The van der Waals surface area contributed by atoms with E-state index in [1.165, 1.54) is 42.8 Å². The maximum absolute atomic E-state index is 13.9. The Morgan fingerprint density at radius 2 is 0.696 bits per heavy atom. The maximum Gasteiger partial charge on any atom is 1.00 e. The standard InChI is InChI=1S/C29H27NO5.C28H27NO3.C20H19NO4.C12H19O3P.2CO2.Na.H/c1-34-29(33)25-17-22(18-26(31)35-20-21-11-5-2-6-12-21)19-30(25)28(32)27(23-13-7-3-8-14-23)24-15-9-4-10-16-24;1-32-28(31)25-19-22(18-17-21-11-5-2-6-12-21)20-29(25)27(30)26(23-13-7-3-8-14-23)24-15-9-4-10-16-24;1-25-20(24)17-12-16(22)13-21(17)19(23)18(14-8-4-2-5-9-14)15-10-6-3-7-11-15;1-3-14-16(13,15-4-2)11-10-12-8-6-5-7-9-12;2*2-1-3;;/h2-16,18,25,27H,17,19-20H2,1H3;2-16,18,25-26H,17,19-20H2,1H3;2-11,17-18H,12-13H2,1H3;5-9H,3-4,10-11H2,1-2H3;;;;/q;;;;;;+1;-1/b22-18+;22-18-;;;;;;/t2*25-;17-;;;;;/m000...../s1. The summed E-state index contributed by atoms with van der Waals surface area (Å²) in [5.41, 5.74) is 10.1. The molecule has 12 rings (SSSR count). The topological polar surface area (TPSA) is 287 Å². The molecule has 0 radical (unpaired) electrons. The molecular formula is C91H93N3NaO19P. The number of amides is 3. The van der Waals surface area contributed by atoms with Gasteiger partial charge in [0.15, 0.2) is 5.78 Å². The molecule has 9 aromatic rings. The van der Waals surface area contributed by atoms with Crippen molar-refractivity contribution < 1.29 is 121 Å². The molecule has 0 spiro atoms. The Labute approximate surface area is 693 Å². The number of Topliss-reactive ketones (excluding diaryl/α,β-unsaturated/α-hetero) is 1. The van der Waals surface area contributed by atoms with Crippen LogP contribution in [0.25, 0.3) is 0 Å². The first-order valence-corrected chi connectivity index (χ1v) is 38.6. The number of likely N-dealkylation sites (tertiary alicyclic amines) is 3. The van der Waals surface area contributed by atoms with Gasteiger partial charge >= 0.3 is 73.3 Å². The molecule has 3 amide bonds. The summed E-state index contributed by atoms with van der Waals surface area (Å²) >= 11 is 0. The Morgan fingerprint density at radius 1 is 0.417 bits per heavy atom. The third-order valence-corrected chi connectivity index (χ3v) is 20.6. The number of esters is 4. The Bertz CT molecular complexity index is 4580. The van der Waals surface area contributed by atoms with Gasteiger partial charge in [0.2, 0.25) is 17.7 Å². The Hall–Kier alpha value is -11.7. The van der Waals surface area contributed by atoms with Crippen LogP contribution in [0.5, 0.6) is 0 Å². The first-order chi connectivity index (χ1) is 55.4. The number of carbonyl (C=O) groups excluding carboxylic acids is 12. The van der Waals surface area contributed by atoms with Crippen LogP contribution in [0.15, 0.2) is 296 Å². The average Bonchev–Trinajstić information content (AvgIpc) is 1.73. The van der Waals surface area contributed by atoms with Crippen LogP contribution in [0.1, 0.15) is 102 Å². The van der Waals surface area contributed by atoms with Crippen molar-refractivity contribution in [3.63, 3.8) is 0 Å². The van der Waals surface area contributed by atoms with Crippen molar-refractivity contribution in [1.29, 1.82) is 0 Å². The van der Waals surface area contributed by atoms with Gasteiger partial charge in [-0.2, -0.15) is 19.2 Å². The SMILES string of the molecule is CCOP(=O)(CCc1ccccc1)OCC.COC(=O)[C@@H]1C/C(=C/Cc2ccccc2)CN1C(=O)C(c1ccccc1)c1ccccc1.COC(=O)[C@@H]1C/C(=C\C(=O)OCc2ccccc2)CN1C(=O)C(c1ccccc1)c1ccccc1.COC(=O)[C@@H]1CC(=O)CN1C(=O)C(c1ccccc1)c1ccccc1.O=C=O.O=C=O.[H-].[Na+]. The van der Waals surface area contributed by atoms with Crippen LogP contribution >= 0.6 is 7.60 Å². The van der Waals surface area contributed by atoms with Crippen LogP contribution in [-0.4, -0.2) is 153 Å². The predicted octanol–water partition coefficient (Wildman–Crippen LogP) is 10.6. The zero-order valence-corrected chi connectivity index (χ0v) is 68.0. The maximum atomic E-state index is 13.9. The molecule has 3 saturated heterocycles. The van der Waals surface area contributed by atoms with E-state index in [2.05, 4.69) is 18.2 Å². The van der Waals surface area contributed by atoms with E-state index in [-0.39, 0.29) is 105 Å². The van der Waals surface area contributed by atoms with Crippen molar-refractivity contribution in [3.8, 4) is 0 Å². The minimum atomic E-state index is -2.88. The second-order valence-electron chi connectivity index (χ2n) is 25.9. The molecule has 24 heteroatoms. The summed E-state index contributed by atoms with van der Waals surface area (Å²) in [5.74, 6) is -4.29. The smallest absolute Gasteiger partial charge is 1.00 e. The van der Waals surface area contributed by atoms with E-state index in [0.717, 1.165) is 62.9 Å². The van der Waals surface area contributed by atoms with Crippen LogP contribution in [0.3, 0.4) is 0 Å². The molecule has 0 unspecified atom stereocenters. The third kappa shape index (κ3) is 28.4. The second kappa shape index (κ2) is 49.7. The van der Waals surface area contributed by atoms with Gasteiger partial charge in [-0.05, 0) is 82.3 Å². The third-order valence-electron chi connectivity index (χ3n) is 18.5. The number of carbonyl (C=O) groups is 8. The zero-order valence-electron chi connectivity index (χ0n) is 66.1. The summed E-state index contributed by atoms with van der Waals surface area (Å²) < 4.78 is 42.8. The monoisotopic (exact) mass is 1590 g/mol. The van der Waals surface area contributed by atoms with Crippen LogP contribution in [0.4, 0.5) is 0 Å². The van der Waals surface area contributed by atoms with Crippen molar-refractivity contribution in [2.45, 2.75) is 88.4 Å². The summed E-state index contributed by atoms with van der Waals surface area (Å²) in [6.45, 7) is 5.17. The largest absolute Gasteiger partial charge is 1.00 e. The van der Waals surface area contributed by atoms with E-state index in [1.807, 2.05) is 275 Å². The molecule has 3 aliphatic heterocycles. The fraction of sp³-hybridized carbons (Fsp3) is 0.253. The first-order valence-electron chi connectivity index (χ1n) is 36.9. The van der Waals surface area contributed by atoms with Crippen molar-refractivity contribution >= 4 is 67.3 Å². The van der Waals surface area contributed by atoms with Gasteiger partial charge in [0.05, 0.1) is 65.0 Å². The molecule has 3 atom stereocenters. The number of nitrogens with zero attached hydrogens (tertiary/aromatic N) is 3. The van der Waals surface area contributed by atoms with Gasteiger partial charge < -0.3 is 44.1 Å². The van der Waals surface area contributed by atoms with E-state index in [4.69, 9.17) is 47.2 Å². The summed E-state index contributed by atoms with van der Waals surface area (Å²) in [4.78, 5) is 140. The number of ether oxygens (including phenoxy) is 4. The van der Waals surface area contributed by atoms with Crippen molar-refractivity contribution in [3.05, 3.63) is 346 Å². The van der Waals surface area contributed by atoms with E-state index in [0.29, 0.717) is 37.9 Å². The molecule has 0 saturated carbocycles. The normalized spacial score (nSPS) is 15.1. The van der Waals surface area contributed by atoms with Crippen molar-refractivity contribution in [2.24, 2.45) is 0 Å². The number of hydrogen-bond acceptors (Lipinski definition) is 19. The molecular weight excluding hydrogens is 1490 g/mol. The minimum Gasteiger partial charge on any atom is -1.00 e. The number of benzene rings is 9. The van der Waals surface area contributed by atoms with Gasteiger partial charge in [-0.3, -0.25) is 23.7 Å². The van der Waals surface area contributed by atoms with Crippen molar-refractivity contribution in [2.75, 3.05) is 60.3 Å². The minimum absolute atomic E-state index is 0. The summed E-state index contributed by atoms with van der Waals surface area (Å²) in [6, 6.07) is 84.4. The number of rotatable bonds is 24. The number of methoxy groups -OCH3 is 3.